The van der Waals surface area contributed by atoms with Crippen molar-refractivity contribution in [3.8, 4) is 17.4 Å². The summed E-state index contributed by atoms with van der Waals surface area (Å²) in [6, 6.07) is 13.3. The first kappa shape index (κ1) is 25.1. The zero-order valence-electron chi connectivity index (χ0n) is 22.1. The van der Waals surface area contributed by atoms with Gasteiger partial charge in [0.25, 0.3) is 5.56 Å². The van der Waals surface area contributed by atoms with E-state index in [4.69, 9.17) is 19.4 Å². The second kappa shape index (κ2) is 10.9. The van der Waals surface area contributed by atoms with E-state index in [0.717, 1.165) is 44.0 Å². The predicted molar refractivity (Wildman–Crippen MR) is 150 cm³/mol. The quantitative estimate of drug-likeness (QED) is 0.307. The summed E-state index contributed by atoms with van der Waals surface area (Å²) in [4.78, 5) is 29.5. The number of pyridine rings is 1. The first-order chi connectivity index (χ1) is 19.1. The van der Waals surface area contributed by atoms with E-state index in [9.17, 15) is 4.79 Å². The number of benzene rings is 1. The van der Waals surface area contributed by atoms with Gasteiger partial charge in [0.15, 0.2) is 11.5 Å². The van der Waals surface area contributed by atoms with Crippen molar-refractivity contribution >= 4 is 22.7 Å². The number of nitrogens with zero attached hydrogens (tertiary/aromatic N) is 6. The van der Waals surface area contributed by atoms with Crippen LogP contribution in [0.1, 0.15) is 25.7 Å². The molecule has 1 N–H and O–H groups in total. The Morgan fingerprint density at radius 1 is 1.08 bits per heavy atom. The summed E-state index contributed by atoms with van der Waals surface area (Å²) in [7, 11) is 2.12. The Balaban J connectivity index is 1.29. The molecule has 0 atom stereocenters. The summed E-state index contributed by atoms with van der Waals surface area (Å²) in [5, 5.41) is 3.64. The number of ether oxygens (including phenoxy) is 2. The monoisotopic (exact) mass is 527 g/mol. The molecule has 10 heteroatoms. The lowest BCUT2D eigenvalue weighted by atomic mass is 10.1. The number of fused-ring (bicyclic) bond motifs is 1. The van der Waals surface area contributed by atoms with E-state index >= 15 is 0 Å². The number of anilines is 2. The highest BCUT2D eigenvalue weighted by Gasteiger charge is 2.22. The van der Waals surface area contributed by atoms with Crippen LogP contribution in [-0.2, 0) is 6.54 Å². The molecule has 1 aromatic carbocycles. The minimum absolute atomic E-state index is 0.115. The van der Waals surface area contributed by atoms with Gasteiger partial charge >= 0.3 is 0 Å². The van der Waals surface area contributed by atoms with Crippen LogP contribution in [0.2, 0.25) is 0 Å². The first-order valence-electron chi connectivity index (χ1n) is 13.5. The number of hydrogen-bond acceptors (Lipinski definition) is 8. The van der Waals surface area contributed by atoms with Gasteiger partial charge in [-0.2, -0.15) is 9.97 Å². The fourth-order valence-corrected chi connectivity index (χ4v) is 4.73. The van der Waals surface area contributed by atoms with Crippen LogP contribution in [0.4, 0.5) is 11.6 Å². The normalized spacial score (nSPS) is 16.3. The Bertz CT molecular complexity index is 1520. The van der Waals surface area contributed by atoms with Gasteiger partial charge in [0, 0.05) is 31.0 Å². The summed E-state index contributed by atoms with van der Waals surface area (Å²) in [6.07, 6.45) is 7.75. The van der Waals surface area contributed by atoms with Crippen molar-refractivity contribution in [3.05, 3.63) is 71.7 Å². The summed E-state index contributed by atoms with van der Waals surface area (Å²) in [5.41, 5.74) is 1.06. The molecule has 2 fully saturated rings. The zero-order chi connectivity index (χ0) is 26.8. The molecule has 39 heavy (non-hydrogen) atoms. The van der Waals surface area contributed by atoms with E-state index in [1.165, 1.54) is 12.8 Å². The zero-order valence-corrected chi connectivity index (χ0v) is 22.1. The molecule has 202 valence electrons. The fourth-order valence-electron chi connectivity index (χ4n) is 4.73. The van der Waals surface area contributed by atoms with Crippen molar-refractivity contribution in [2.45, 2.75) is 38.3 Å². The van der Waals surface area contributed by atoms with Crippen LogP contribution in [-0.4, -0.2) is 62.1 Å². The van der Waals surface area contributed by atoms with Gasteiger partial charge in [-0.25, -0.2) is 14.3 Å². The predicted octanol–water partition coefficient (Wildman–Crippen LogP) is 4.17. The lowest BCUT2D eigenvalue weighted by molar-refractivity contribution is 0.110. The van der Waals surface area contributed by atoms with Gasteiger partial charge in [-0.05, 0) is 69.0 Å². The van der Waals surface area contributed by atoms with Crippen LogP contribution >= 0.6 is 0 Å². The lowest BCUT2D eigenvalue weighted by Gasteiger charge is -2.29. The number of likely N-dealkylation sites (tertiary alicyclic amines) is 1. The van der Waals surface area contributed by atoms with Crippen molar-refractivity contribution in [2.24, 2.45) is 5.92 Å². The van der Waals surface area contributed by atoms with Crippen molar-refractivity contribution in [2.75, 3.05) is 32.1 Å². The van der Waals surface area contributed by atoms with Gasteiger partial charge < -0.3 is 19.7 Å². The number of rotatable bonds is 10. The van der Waals surface area contributed by atoms with E-state index < -0.39 is 0 Å². The largest absolute Gasteiger partial charge is 0.493 e. The third-order valence-corrected chi connectivity index (χ3v) is 7.15. The highest BCUT2D eigenvalue weighted by atomic mass is 16.5. The van der Waals surface area contributed by atoms with Crippen LogP contribution in [0, 0.1) is 5.92 Å². The second-order valence-corrected chi connectivity index (χ2v) is 10.3. The Hall–Kier alpha value is -4.18. The molecular formula is C29H33N7O3. The molecule has 0 unspecified atom stereocenters. The van der Waals surface area contributed by atoms with Gasteiger partial charge in [0.2, 0.25) is 11.8 Å². The molecule has 1 aliphatic heterocycles. The highest BCUT2D eigenvalue weighted by Crippen LogP contribution is 2.30. The van der Waals surface area contributed by atoms with Crippen molar-refractivity contribution < 1.29 is 9.47 Å². The summed E-state index contributed by atoms with van der Waals surface area (Å²) >= 11 is 0. The Kier molecular flexibility index (Phi) is 7.02. The summed E-state index contributed by atoms with van der Waals surface area (Å²) < 4.78 is 15.3. The molecule has 10 nitrogen and oxygen atoms in total. The van der Waals surface area contributed by atoms with Gasteiger partial charge in [0.05, 0.1) is 13.2 Å². The van der Waals surface area contributed by atoms with Crippen LogP contribution in [0.25, 0.3) is 16.9 Å². The van der Waals surface area contributed by atoms with E-state index in [0.29, 0.717) is 41.1 Å². The van der Waals surface area contributed by atoms with Crippen LogP contribution in [0.5, 0.6) is 11.6 Å². The maximum absolute atomic E-state index is 13.3. The maximum Gasteiger partial charge on any atom is 0.278 e. The Morgan fingerprint density at radius 2 is 1.87 bits per heavy atom. The topological polar surface area (TPSA) is 99.3 Å². The molecule has 2 aliphatic rings. The van der Waals surface area contributed by atoms with Gasteiger partial charge in [-0.1, -0.05) is 12.1 Å². The van der Waals surface area contributed by atoms with E-state index in [1.807, 2.05) is 42.5 Å². The van der Waals surface area contributed by atoms with Crippen LogP contribution < -0.4 is 20.3 Å². The SMILES string of the molecule is C=CCn1c(=O)c2cnc(Nc3ccc(OCC4CC4)cc3)nc2n1-c1cccc(OC2CCN(C)CC2)n1. The van der Waals surface area contributed by atoms with E-state index in [-0.39, 0.29) is 11.7 Å². The van der Waals surface area contributed by atoms with Gasteiger partial charge in [-0.3, -0.25) is 4.79 Å². The van der Waals surface area contributed by atoms with Crippen LogP contribution in [0.15, 0.2) is 66.1 Å². The van der Waals surface area contributed by atoms with E-state index in [2.05, 4.69) is 28.8 Å². The van der Waals surface area contributed by atoms with Crippen molar-refractivity contribution in [3.63, 3.8) is 0 Å². The van der Waals surface area contributed by atoms with Gasteiger partial charge in [-0.15, -0.1) is 6.58 Å². The Morgan fingerprint density at radius 3 is 2.62 bits per heavy atom. The third kappa shape index (κ3) is 5.65. The minimum Gasteiger partial charge on any atom is -0.493 e. The number of aromatic nitrogens is 5. The molecule has 4 heterocycles. The molecule has 1 aliphatic carbocycles. The first-order valence-corrected chi connectivity index (χ1v) is 13.5. The molecule has 4 aromatic rings. The molecule has 6 rings (SSSR count). The smallest absolute Gasteiger partial charge is 0.278 e. The summed E-state index contributed by atoms with van der Waals surface area (Å²) in [6.45, 7) is 6.88. The average molecular weight is 528 g/mol. The molecule has 1 saturated heterocycles. The molecule has 1 saturated carbocycles. The second-order valence-electron chi connectivity index (χ2n) is 10.3. The number of allylic oxidation sites excluding steroid dienone is 1. The average Bonchev–Trinajstić information content (AvgIpc) is 3.74. The molecule has 0 spiro atoms. The molecule has 3 aromatic heterocycles. The number of nitrogens with one attached hydrogen (secondary N) is 1. The highest BCUT2D eigenvalue weighted by molar-refractivity contribution is 5.77. The molecule has 0 bridgehead atoms. The Labute approximate surface area is 226 Å². The maximum atomic E-state index is 13.3. The molecular weight excluding hydrogens is 494 g/mol. The summed E-state index contributed by atoms with van der Waals surface area (Å²) in [5.74, 6) is 2.98. The minimum atomic E-state index is -0.211. The molecule has 0 radical (unpaired) electrons. The number of hydrogen-bond donors (Lipinski definition) is 1. The van der Waals surface area contributed by atoms with E-state index in [1.54, 1.807) is 21.6 Å². The van der Waals surface area contributed by atoms with Crippen molar-refractivity contribution in [1.82, 2.24) is 29.2 Å². The van der Waals surface area contributed by atoms with Gasteiger partial charge in [0.1, 0.15) is 17.2 Å². The fraction of sp³-hybridized carbons (Fsp3) is 0.379. The van der Waals surface area contributed by atoms with Crippen molar-refractivity contribution in [1.29, 1.82) is 0 Å². The third-order valence-electron chi connectivity index (χ3n) is 7.15. The lowest BCUT2D eigenvalue weighted by Crippen LogP contribution is -2.35. The standard InChI is InChI=1S/C29H33N7O3/c1-3-15-35-28(37)24-18-30-29(31-21-9-11-22(12-10-21)38-19-20-7-8-20)33-27(24)36(35)25-5-4-6-26(32-25)39-23-13-16-34(2)17-14-23/h3-6,9-12,18,20,23H,1,7-8,13-17,19H2,2H3,(H,30,31,33). The number of piperidine rings is 1. The van der Waals surface area contributed by atoms with Crippen LogP contribution in [0.3, 0.4) is 0 Å². The molecule has 0 amide bonds.